The van der Waals surface area contributed by atoms with E-state index in [1.54, 1.807) is 16.7 Å². The molecule has 1 aliphatic rings. The summed E-state index contributed by atoms with van der Waals surface area (Å²) in [7, 11) is 0. The van der Waals surface area contributed by atoms with Crippen LogP contribution >= 0.6 is 11.8 Å². The van der Waals surface area contributed by atoms with Gasteiger partial charge in [-0.2, -0.15) is 0 Å². The van der Waals surface area contributed by atoms with Crippen LogP contribution in [0.4, 0.5) is 5.69 Å². The highest BCUT2D eigenvalue weighted by atomic mass is 32.2. The normalized spacial score (nSPS) is 14.9. The molecule has 3 aromatic rings. The fourth-order valence-corrected chi connectivity index (χ4v) is 5.46. The predicted octanol–water partition coefficient (Wildman–Crippen LogP) is 2.61. The molecular formula is C29H34N4O4S. The fraction of sp³-hybridized carbons (Fsp3) is 0.345. The van der Waals surface area contributed by atoms with Crippen molar-refractivity contribution in [1.29, 1.82) is 0 Å². The number of nitrogens with zero attached hydrogens (tertiary/aromatic N) is 1. The Bertz CT molecular complexity index is 1280. The summed E-state index contributed by atoms with van der Waals surface area (Å²) < 4.78 is 0. The Labute approximate surface area is 227 Å². The van der Waals surface area contributed by atoms with Gasteiger partial charge in [-0.25, -0.2) is 0 Å². The van der Waals surface area contributed by atoms with E-state index < -0.39 is 12.1 Å². The summed E-state index contributed by atoms with van der Waals surface area (Å²) in [6.45, 7) is 0.459. The lowest BCUT2D eigenvalue weighted by Crippen LogP contribution is -2.50. The van der Waals surface area contributed by atoms with Crippen molar-refractivity contribution in [3.05, 3.63) is 72.3 Å². The van der Waals surface area contributed by atoms with Gasteiger partial charge in [0, 0.05) is 49.5 Å². The van der Waals surface area contributed by atoms with Crippen LogP contribution in [-0.2, 0) is 20.8 Å². The maximum absolute atomic E-state index is 13.0. The van der Waals surface area contributed by atoms with E-state index in [-0.39, 0.29) is 37.2 Å². The van der Waals surface area contributed by atoms with Gasteiger partial charge in [0.05, 0.1) is 11.8 Å². The fourth-order valence-electron chi connectivity index (χ4n) is 4.46. The average molecular weight is 535 g/mol. The molecule has 0 saturated heterocycles. The number of nitrogens with one attached hydrogen (secondary N) is 2. The zero-order chi connectivity index (χ0) is 26.9. The van der Waals surface area contributed by atoms with Gasteiger partial charge in [0.2, 0.25) is 17.7 Å². The van der Waals surface area contributed by atoms with Crippen molar-refractivity contribution in [2.75, 3.05) is 30.3 Å². The van der Waals surface area contributed by atoms with E-state index in [1.165, 1.54) is 0 Å². The molecule has 5 N–H and O–H groups in total. The van der Waals surface area contributed by atoms with Gasteiger partial charge in [-0.05, 0) is 34.9 Å². The maximum Gasteiger partial charge on any atom is 0.243 e. The summed E-state index contributed by atoms with van der Waals surface area (Å²) >= 11 is 1.67. The molecule has 3 amide bonds. The van der Waals surface area contributed by atoms with Gasteiger partial charge in [-0.15, -0.1) is 11.8 Å². The third-order valence-corrected chi connectivity index (χ3v) is 7.57. The lowest BCUT2D eigenvalue weighted by atomic mass is 10.0. The number of hydrogen-bond donors (Lipinski definition) is 4. The maximum atomic E-state index is 13.0. The van der Waals surface area contributed by atoms with Crippen molar-refractivity contribution < 1.29 is 19.5 Å². The quantitative estimate of drug-likeness (QED) is 0.300. The topological polar surface area (TPSA) is 125 Å². The Balaban J connectivity index is 1.40. The van der Waals surface area contributed by atoms with E-state index in [9.17, 15) is 19.5 Å². The molecule has 200 valence electrons. The second-order valence-electron chi connectivity index (χ2n) is 9.36. The Kier molecular flexibility index (Phi) is 9.75. The van der Waals surface area contributed by atoms with Crippen LogP contribution < -0.4 is 21.3 Å². The summed E-state index contributed by atoms with van der Waals surface area (Å²) in [5.41, 5.74) is 7.25. The van der Waals surface area contributed by atoms with E-state index in [1.807, 2.05) is 66.7 Å². The third kappa shape index (κ3) is 7.34. The molecule has 38 heavy (non-hydrogen) atoms. The van der Waals surface area contributed by atoms with E-state index in [0.717, 1.165) is 32.7 Å². The van der Waals surface area contributed by atoms with Crippen LogP contribution in [0, 0.1) is 0 Å². The van der Waals surface area contributed by atoms with Gasteiger partial charge in [0.1, 0.15) is 6.04 Å². The monoisotopic (exact) mass is 534 g/mol. The Morgan fingerprint density at radius 1 is 1.05 bits per heavy atom. The number of anilines is 1. The molecule has 4 rings (SSSR count). The smallest absolute Gasteiger partial charge is 0.243 e. The van der Waals surface area contributed by atoms with Gasteiger partial charge < -0.3 is 26.4 Å². The van der Waals surface area contributed by atoms with Crippen molar-refractivity contribution >= 4 is 45.9 Å². The molecule has 1 aliphatic heterocycles. The summed E-state index contributed by atoms with van der Waals surface area (Å²) in [5, 5.41) is 17.5. The van der Waals surface area contributed by atoms with E-state index >= 15 is 0 Å². The number of aliphatic hydroxyl groups is 1. The Morgan fingerprint density at radius 3 is 2.63 bits per heavy atom. The number of aliphatic hydroxyl groups excluding tert-OH is 1. The van der Waals surface area contributed by atoms with Crippen LogP contribution in [0.15, 0.2) is 71.6 Å². The minimum Gasteiger partial charge on any atom is -0.390 e. The van der Waals surface area contributed by atoms with Crippen LogP contribution in [0.25, 0.3) is 10.8 Å². The molecule has 0 aliphatic carbocycles. The van der Waals surface area contributed by atoms with Crippen LogP contribution in [-0.4, -0.2) is 60.4 Å². The second kappa shape index (κ2) is 13.4. The number of benzene rings is 3. The second-order valence-corrected chi connectivity index (χ2v) is 10.5. The summed E-state index contributed by atoms with van der Waals surface area (Å²) in [4.78, 5) is 41.4. The van der Waals surface area contributed by atoms with Crippen LogP contribution in [0.1, 0.15) is 24.8 Å². The number of para-hydroxylation sites is 1. The third-order valence-electron chi connectivity index (χ3n) is 6.51. The lowest BCUT2D eigenvalue weighted by Gasteiger charge is -2.23. The molecule has 8 nitrogen and oxygen atoms in total. The van der Waals surface area contributed by atoms with Gasteiger partial charge in [0.25, 0.3) is 0 Å². The van der Waals surface area contributed by atoms with E-state index in [2.05, 4.69) is 10.6 Å². The first-order valence-electron chi connectivity index (χ1n) is 12.9. The van der Waals surface area contributed by atoms with Gasteiger partial charge in [-0.1, -0.05) is 54.6 Å². The molecular weight excluding hydrogens is 500 g/mol. The molecule has 1 heterocycles. The number of thioether (sulfide) groups is 1. The number of fused-ring (bicyclic) bond motifs is 2. The Hall–Kier alpha value is -3.40. The summed E-state index contributed by atoms with van der Waals surface area (Å²) in [5.74, 6) is 0.134. The van der Waals surface area contributed by atoms with Gasteiger partial charge in [-0.3, -0.25) is 14.4 Å². The zero-order valence-electron chi connectivity index (χ0n) is 21.3. The number of carbonyl (C=O) groups is 3. The van der Waals surface area contributed by atoms with Crippen molar-refractivity contribution in [3.63, 3.8) is 0 Å². The molecule has 3 aromatic carbocycles. The first-order valence-corrected chi connectivity index (χ1v) is 13.9. The minimum absolute atomic E-state index is 0.00785. The van der Waals surface area contributed by atoms with Gasteiger partial charge >= 0.3 is 0 Å². The zero-order valence-corrected chi connectivity index (χ0v) is 22.1. The number of amides is 3. The van der Waals surface area contributed by atoms with Crippen molar-refractivity contribution in [3.8, 4) is 0 Å². The molecule has 0 radical (unpaired) electrons. The summed E-state index contributed by atoms with van der Waals surface area (Å²) in [6, 6.07) is 20.9. The number of nitrogens with two attached hydrogens (primary N) is 1. The highest BCUT2D eigenvalue weighted by molar-refractivity contribution is 7.99. The van der Waals surface area contributed by atoms with Crippen LogP contribution in [0.2, 0.25) is 0 Å². The van der Waals surface area contributed by atoms with Crippen molar-refractivity contribution in [2.24, 2.45) is 5.73 Å². The first-order chi connectivity index (χ1) is 18.4. The Morgan fingerprint density at radius 2 is 1.82 bits per heavy atom. The van der Waals surface area contributed by atoms with E-state index in [0.29, 0.717) is 25.8 Å². The predicted molar refractivity (Wildman–Crippen MR) is 151 cm³/mol. The van der Waals surface area contributed by atoms with Gasteiger partial charge in [0.15, 0.2) is 0 Å². The molecule has 2 atom stereocenters. The average Bonchev–Trinajstić information content (AvgIpc) is 3.09. The molecule has 0 aromatic heterocycles. The van der Waals surface area contributed by atoms with Crippen molar-refractivity contribution in [1.82, 2.24) is 10.6 Å². The number of hydrogen-bond acceptors (Lipinski definition) is 6. The molecule has 1 unspecified atom stereocenters. The lowest BCUT2D eigenvalue weighted by molar-refractivity contribution is -0.129. The molecule has 0 spiro atoms. The van der Waals surface area contributed by atoms with Crippen LogP contribution in [0.3, 0.4) is 0 Å². The highest BCUT2D eigenvalue weighted by Gasteiger charge is 2.24. The molecule has 0 bridgehead atoms. The summed E-state index contributed by atoms with van der Waals surface area (Å²) in [6.07, 6.45) is 0.534. The largest absolute Gasteiger partial charge is 0.390 e. The number of carbonyl (C=O) groups excluding carboxylic acids is 3. The highest BCUT2D eigenvalue weighted by Crippen LogP contribution is 2.34. The minimum atomic E-state index is -0.858. The molecule has 9 heteroatoms. The SMILES string of the molecule is NCC(O)CNC(=O)[C@@H](Cc1ccc2ccccc2c1)NC(=O)CCCN1C(=O)CCSc2ccccc21. The van der Waals surface area contributed by atoms with Crippen molar-refractivity contribution in [2.45, 2.75) is 42.7 Å². The van der Waals surface area contributed by atoms with E-state index in [4.69, 9.17) is 5.73 Å². The van der Waals surface area contributed by atoms with Crippen LogP contribution in [0.5, 0.6) is 0 Å². The molecule has 0 saturated carbocycles. The number of rotatable bonds is 11. The first kappa shape index (κ1) is 27.6. The molecule has 0 fully saturated rings. The standard InChI is InChI=1S/C29H34N4O4S/c30-18-23(34)19-31-29(37)24(17-20-11-12-21-6-1-2-7-22(21)16-20)32-27(35)10-5-14-33-25-8-3-4-9-26(25)38-15-13-28(33)36/h1-4,6-9,11-12,16,23-24,34H,5,10,13-15,17-19,30H2,(H,31,37)(H,32,35)/t23?,24-/m1/s1.